The van der Waals surface area contributed by atoms with E-state index >= 15 is 0 Å². The molecular formula is C11H15N3O5. The molecular weight excluding hydrogens is 254 g/mol. The molecule has 1 aromatic rings. The molecule has 1 amide bonds. The molecule has 1 unspecified atom stereocenters. The minimum Gasteiger partial charge on any atom is -0.481 e. The standard InChI is InChI=1S/C11H15N3O5/c1-7(3-10(15)16)5-12-11(17)9-4-8(14(18)19)6-13(9)2/h4,6-7H,3,5H2,1-2H3,(H,12,17)(H,15,16). The molecule has 0 saturated carbocycles. The molecule has 0 aliphatic heterocycles. The lowest BCUT2D eigenvalue weighted by molar-refractivity contribution is -0.384. The molecule has 0 aliphatic carbocycles. The number of nitrogens with zero attached hydrogens (tertiary/aromatic N) is 2. The van der Waals surface area contributed by atoms with Crippen LogP contribution in [0.1, 0.15) is 23.8 Å². The first kappa shape index (κ1) is 14.7. The van der Waals surface area contributed by atoms with Gasteiger partial charge in [0, 0.05) is 26.1 Å². The number of nitrogens with one attached hydrogen (secondary N) is 1. The van der Waals surface area contributed by atoms with Gasteiger partial charge >= 0.3 is 5.97 Å². The van der Waals surface area contributed by atoms with Crippen LogP contribution >= 0.6 is 0 Å². The molecule has 1 heterocycles. The molecule has 8 heteroatoms. The number of aliphatic carboxylic acids is 1. The third kappa shape index (κ3) is 4.09. The van der Waals surface area contributed by atoms with Crippen LogP contribution in [0.2, 0.25) is 0 Å². The van der Waals surface area contributed by atoms with Crippen molar-refractivity contribution in [3.63, 3.8) is 0 Å². The Labute approximate surface area is 109 Å². The normalized spacial score (nSPS) is 11.9. The van der Waals surface area contributed by atoms with Crippen LogP contribution in [0.25, 0.3) is 0 Å². The van der Waals surface area contributed by atoms with Gasteiger partial charge in [-0.1, -0.05) is 6.92 Å². The molecule has 1 atom stereocenters. The first-order chi connectivity index (χ1) is 8.81. The summed E-state index contributed by atoms with van der Waals surface area (Å²) in [5, 5.41) is 21.7. The molecule has 8 nitrogen and oxygen atoms in total. The van der Waals surface area contributed by atoms with Crippen LogP contribution in [-0.4, -0.2) is 33.0 Å². The Morgan fingerprint density at radius 1 is 1.58 bits per heavy atom. The van der Waals surface area contributed by atoms with Crippen molar-refractivity contribution >= 4 is 17.6 Å². The summed E-state index contributed by atoms with van der Waals surface area (Å²) in [7, 11) is 1.53. The molecule has 0 bridgehead atoms. The van der Waals surface area contributed by atoms with E-state index in [2.05, 4.69) is 5.32 Å². The summed E-state index contributed by atoms with van der Waals surface area (Å²) < 4.78 is 1.36. The summed E-state index contributed by atoms with van der Waals surface area (Å²) >= 11 is 0. The maximum absolute atomic E-state index is 11.8. The molecule has 0 spiro atoms. The number of rotatable bonds is 6. The highest BCUT2D eigenvalue weighted by atomic mass is 16.6. The van der Waals surface area contributed by atoms with E-state index in [-0.39, 0.29) is 30.3 Å². The zero-order valence-electron chi connectivity index (χ0n) is 10.6. The zero-order chi connectivity index (χ0) is 14.6. The summed E-state index contributed by atoms with van der Waals surface area (Å²) in [5.41, 5.74) is 0.000425. The van der Waals surface area contributed by atoms with Crippen molar-refractivity contribution in [2.75, 3.05) is 6.54 Å². The first-order valence-electron chi connectivity index (χ1n) is 5.62. The third-order valence-corrected chi connectivity index (χ3v) is 2.57. The van der Waals surface area contributed by atoms with Gasteiger partial charge in [0.15, 0.2) is 0 Å². The first-order valence-corrected chi connectivity index (χ1v) is 5.62. The second-order valence-electron chi connectivity index (χ2n) is 4.36. The van der Waals surface area contributed by atoms with E-state index in [1.165, 1.54) is 23.9 Å². The highest BCUT2D eigenvalue weighted by Gasteiger charge is 2.18. The molecule has 0 saturated heterocycles. The Bertz CT molecular complexity index is 508. The number of carbonyl (C=O) groups excluding carboxylic acids is 1. The summed E-state index contributed by atoms with van der Waals surface area (Å²) in [6.07, 6.45) is 1.20. The van der Waals surface area contributed by atoms with E-state index in [0.717, 1.165) is 0 Å². The van der Waals surface area contributed by atoms with Crippen molar-refractivity contribution in [3.8, 4) is 0 Å². The van der Waals surface area contributed by atoms with Crippen LogP contribution in [0.15, 0.2) is 12.3 Å². The number of aryl methyl sites for hydroxylation is 1. The fourth-order valence-electron chi connectivity index (χ4n) is 1.60. The van der Waals surface area contributed by atoms with E-state index in [9.17, 15) is 19.7 Å². The molecule has 1 rings (SSSR count). The Balaban J connectivity index is 2.63. The number of nitro groups is 1. The largest absolute Gasteiger partial charge is 0.481 e. The van der Waals surface area contributed by atoms with E-state index < -0.39 is 16.8 Å². The summed E-state index contributed by atoms with van der Waals surface area (Å²) in [6, 6.07) is 1.18. The lowest BCUT2D eigenvalue weighted by Gasteiger charge is -2.10. The van der Waals surface area contributed by atoms with Gasteiger partial charge in [-0.05, 0) is 5.92 Å². The quantitative estimate of drug-likeness (QED) is 0.584. The Kier molecular flexibility index (Phi) is 4.62. The summed E-state index contributed by atoms with van der Waals surface area (Å²) in [4.78, 5) is 32.2. The Morgan fingerprint density at radius 3 is 2.68 bits per heavy atom. The maximum Gasteiger partial charge on any atom is 0.303 e. The SMILES string of the molecule is CC(CNC(=O)c1cc([N+](=O)[O-])cn1C)CC(=O)O. The van der Waals surface area contributed by atoms with Crippen molar-refractivity contribution in [3.05, 3.63) is 28.1 Å². The smallest absolute Gasteiger partial charge is 0.303 e. The summed E-state index contributed by atoms with van der Waals surface area (Å²) in [6.45, 7) is 1.89. The Hall–Kier alpha value is -2.38. The minimum atomic E-state index is -0.934. The number of aromatic nitrogens is 1. The van der Waals surface area contributed by atoms with Gasteiger partial charge in [0.2, 0.25) is 0 Å². The fraction of sp³-hybridized carbons (Fsp3) is 0.455. The number of hydrogen-bond donors (Lipinski definition) is 2. The second-order valence-corrected chi connectivity index (χ2v) is 4.36. The number of carbonyl (C=O) groups is 2. The lowest BCUT2D eigenvalue weighted by Crippen LogP contribution is -2.30. The average molecular weight is 269 g/mol. The molecule has 0 radical (unpaired) electrons. The molecule has 2 N–H and O–H groups in total. The van der Waals surface area contributed by atoms with Crippen molar-refractivity contribution in [2.24, 2.45) is 13.0 Å². The van der Waals surface area contributed by atoms with Crippen LogP contribution in [0.5, 0.6) is 0 Å². The zero-order valence-corrected chi connectivity index (χ0v) is 10.6. The summed E-state index contributed by atoms with van der Waals surface area (Å²) in [5.74, 6) is -1.61. The van der Waals surface area contributed by atoms with Crippen molar-refractivity contribution < 1.29 is 19.6 Å². The molecule has 104 valence electrons. The third-order valence-electron chi connectivity index (χ3n) is 2.57. The van der Waals surface area contributed by atoms with Gasteiger partial charge in [-0.2, -0.15) is 0 Å². The molecule has 1 aromatic heterocycles. The van der Waals surface area contributed by atoms with E-state index in [4.69, 9.17) is 5.11 Å². The second kappa shape index (κ2) is 5.98. The van der Waals surface area contributed by atoms with Crippen LogP contribution < -0.4 is 5.32 Å². The van der Waals surface area contributed by atoms with Gasteiger partial charge in [-0.3, -0.25) is 19.7 Å². The highest BCUT2D eigenvalue weighted by molar-refractivity contribution is 5.93. The predicted molar refractivity (Wildman–Crippen MR) is 65.8 cm³/mol. The minimum absolute atomic E-state index is 0.0481. The monoisotopic (exact) mass is 269 g/mol. The van der Waals surface area contributed by atoms with Crippen LogP contribution in [0.3, 0.4) is 0 Å². The van der Waals surface area contributed by atoms with E-state index in [1.807, 2.05) is 0 Å². The number of amides is 1. The topological polar surface area (TPSA) is 114 Å². The molecule has 0 fully saturated rings. The maximum atomic E-state index is 11.8. The number of carboxylic acids is 1. The van der Waals surface area contributed by atoms with Crippen molar-refractivity contribution in [1.82, 2.24) is 9.88 Å². The predicted octanol–water partition coefficient (Wildman–Crippen LogP) is 0.774. The van der Waals surface area contributed by atoms with Gasteiger partial charge < -0.3 is 15.0 Å². The van der Waals surface area contributed by atoms with Crippen molar-refractivity contribution in [2.45, 2.75) is 13.3 Å². The molecule has 0 aliphatic rings. The van der Waals surface area contributed by atoms with Crippen LogP contribution in [0.4, 0.5) is 5.69 Å². The Morgan fingerprint density at radius 2 is 2.21 bits per heavy atom. The van der Waals surface area contributed by atoms with Gasteiger partial charge in [-0.25, -0.2) is 0 Å². The van der Waals surface area contributed by atoms with Gasteiger partial charge in [0.25, 0.3) is 11.6 Å². The van der Waals surface area contributed by atoms with Crippen LogP contribution in [0, 0.1) is 16.0 Å². The van der Waals surface area contributed by atoms with Gasteiger partial charge in [0.1, 0.15) is 5.69 Å². The number of carboxylic acid groups (broad SMARTS) is 1. The van der Waals surface area contributed by atoms with Gasteiger partial charge in [-0.15, -0.1) is 0 Å². The van der Waals surface area contributed by atoms with Gasteiger partial charge in [0.05, 0.1) is 11.1 Å². The van der Waals surface area contributed by atoms with Crippen LogP contribution in [-0.2, 0) is 11.8 Å². The van der Waals surface area contributed by atoms with E-state index in [1.54, 1.807) is 6.92 Å². The number of hydrogen-bond acceptors (Lipinski definition) is 4. The fourth-order valence-corrected chi connectivity index (χ4v) is 1.60. The van der Waals surface area contributed by atoms with Crippen molar-refractivity contribution in [1.29, 1.82) is 0 Å². The van der Waals surface area contributed by atoms with E-state index in [0.29, 0.717) is 0 Å². The molecule has 19 heavy (non-hydrogen) atoms. The molecule has 0 aromatic carbocycles. The lowest BCUT2D eigenvalue weighted by atomic mass is 10.1. The average Bonchev–Trinajstić information content (AvgIpc) is 2.67. The highest BCUT2D eigenvalue weighted by Crippen LogP contribution is 2.15.